The number of sulfonamides is 1. The van der Waals surface area contributed by atoms with Crippen molar-refractivity contribution in [3.8, 4) is 22.6 Å². The van der Waals surface area contributed by atoms with Gasteiger partial charge in [-0.05, 0) is 43.7 Å². The maximum atomic E-state index is 14.5. The second-order valence-corrected chi connectivity index (χ2v) is 11.0. The number of aromatic amines is 1. The summed E-state index contributed by atoms with van der Waals surface area (Å²) in [4.78, 5) is 19.0. The number of benzene rings is 2. The summed E-state index contributed by atoms with van der Waals surface area (Å²) < 4.78 is 40.0. The predicted molar refractivity (Wildman–Crippen MR) is 135 cm³/mol. The van der Waals surface area contributed by atoms with Crippen molar-refractivity contribution < 1.29 is 17.6 Å². The molecular weight excluding hydrogens is 544 g/mol. The summed E-state index contributed by atoms with van der Waals surface area (Å²) in [6.45, 7) is 2.10. The van der Waals surface area contributed by atoms with Crippen LogP contribution in [-0.4, -0.2) is 50.7 Å². The van der Waals surface area contributed by atoms with Crippen molar-refractivity contribution in [3.05, 3.63) is 69.3 Å². The topological polar surface area (TPSA) is 140 Å². The van der Waals surface area contributed by atoms with E-state index in [0.717, 1.165) is 11.6 Å². The molecule has 192 valence electrons. The lowest BCUT2D eigenvalue weighted by molar-refractivity contribution is 0.0673. The third-order valence-electron chi connectivity index (χ3n) is 6.31. The average Bonchev–Trinajstić information content (AvgIpc) is 3.47. The summed E-state index contributed by atoms with van der Waals surface area (Å²) in [5.74, 6) is -0.867. The van der Waals surface area contributed by atoms with Crippen LogP contribution in [0.5, 0.6) is 0 Å². The SMILES string of the molecule is CC1c2nn(C)c(-c3cc(Cl)cc(S(N)(=O)=O)c3)c2CCN1C(=O)c1cc(F)cc(-c2ncn[nH]2)c1Cl. The maximum Gasteiger partial charge on any atom is 0.256 e. The zero-order chi connectivity index (χ0) is 26.6. The van der Waals surface area contributed by atoms with E-state index in [4.69, 9.17) is 28.3 Å². The van der Waals surface area contributed by atoms with Gasteiger partial charge in [-0.25, -0.2) is 22.9 Å². The van der Waals surface area contributed by atoms with Gasteiger partial charge in [0.15, 0.2) is 5.82 Å². The molecule has 3 N–H and O–H groups in total. The molecule has 0 radical (unpaired) electrons. The number of primary sulfonamides is 1. The van der Waals surface area contributed by atoms with E-state index < -0.39 is 27.8 Å². The lowest BCUT2D eigenvalue weighted by Crippen LogP contribution is -2.39. The highest BCUT2D eigenvalue weighted by molar-refractivity contribution is 7.89. The number of nitrogens with zero attached hydrogens (tertiary/aromatic N) is 5. The molecule has 1 unspecified atom stereocenters. The molecular formula is C23H20Cl2FN7O3S. The third-order valence-corrected chi connectivity index (χ3v) is 7.83. The Balaban J connectivity index is 1.53. The minimum Gasteiger partial charge on any atom is -0.330 e. The number of rotatable bonds is 4. The number of halogens is 3. The summed E-state index contributed by atoms with van der Waals surface area (Å²) in [5, 5.41) is 16.6. The van der Waals surface area contributed by atoms with Gasteiger partial charge in [-0.1, -0.05) is 23.2 Å². The molecule has 1 aliphatic rings. The normalized spacial score (nSPS) is 15.6. The lowest BCUT2D eigenvalue weighted by Gasteiger charge is -2.33. The smallest absolute Gasteiger partial charge is 0.256 e. The van der Waals surface area contributed by atoms with Gasteiger partial charge in [0, 0.05) is 35.3 Å². The molecule has 4 aromatic rings. The van der Waals surface area contributed by atoms with Gasteiger partial charge in [0.25, 0.3) is 5.91 Å². The Kier molecular flexibility index (Phi) is 6.31. The first kappa shape index (κ1) is 25.3. The van der Waals surface area contributed by atoms with Crippen LogP contribution in [0.2, 0.25) is 10.0 Å². The van der Waals surface area contributed by atoms with Crippen LogP contribution in [-0.2, 0) is 23.5 Å². The van der Waals surface area contributed by atoms with Gasteiger partial charge in [-0.2, -0.15) is 10.2 Å². The van der Waals surface area contributed by atoms with Gasteiger partial charge in [0.2, 0.25) is 10.0 Å². The number of amides is 1. The van der Waals surface area contributed by atoms with E-state index in [1.54, 1.807) is 22.7 Å². The molecule has 0 fully saturated rings. The van der Waals surface area contributed by atoms with Crippen molar-refractivity contribution in [1.82, 2.24) is 29.9 Å². The Morgan fingerprint density at radius 3 is 2.65 bits per heavy atom. The number of carbonyl (C=O) groups excluding carboxylic acids is 1. The van der Waals surface area contributed by atoms with Crippen molar-refractivity contribution in [2.75, 3.05) is 6.54 Å². The molecule has 1 aliphatic heterocycles. The molecule has 0 aliphatic carbocycles. The molecule has 0 bridgehead atoms. The predicted octanol–water partition coefficient (Wildman–Crippen LogP) is 3.73. The van der Waals surface area contributed by atoms with Crippen LogP contribution in [0.15, 0.2) is 41.6 Å². The monoisotopic (exact) mass is 563 g/mol. The first-order valence-corrected chi connectivity index (χ1v) is 13.3. The first-order valence-electron chi connectivity index (χ1n) is 11.0. The molecule has 14 heteroatoms. The Morgan fingerprint density at radius 2 is 1.97 bits per heavy atom. The fourth-order valence-corrected chi connectivity index (χ4v) is 5.82. The molecule has 5 rings (SSSR count). The van der Waals surface area contributed by atoms with Crippen molar-refractivity contribution in [2.24, 2.45) is 12.2 Å². The summed E-state index contributed by atoms with van der Waals surface area (Å²) in [5.41, 5.74) is 2.88. The molecule has 2 aromatic heterocycles. The number of hydrogen-bond donors (Lipinski definition) is 2. The first-order chi connectivity index (χ1) is 17.5. The number of hydrogen-bond acceptors (Lipinski definition) is 6. The molecule has 0 spiro atoms. The van der Waals surface area contributed by atoms with E-state index >= 15 is 0 Å². The fraction of sp³-hybridized carbons (Fsp3) is 0.217. The number of aromatic nitrogens is 5. The van der Waals surface area contributed by atoms with Gasteiger partial charge in [-0.15, -0.1) is 0 Å². The maximum absolute atomic E-state index is 14.5. The van der Waals surface area contributed by atoms with Crippen LogP contribution in [0.1, 0.15) is 34.6 Å². The van der Waals surface area contributed by atoms with Crippen LogP contribution < -0.4 is 5.14 Å². The molecule has 1 amide bonds. The van der Waals surface area contributed by atoms with Gasteiger partial charge < -0.3 is 4.90 Å². The summed E-state index contributed by atoms with van der Waals surface area (Å²) in [6.07, 6.45) is 1.67. The number of H-pyrrole nitrogens is 1. The standard InChI is InChI=1S/C23H20Cl2FN7O3S/c1-11-20-16(21(32(2)31-20)12-5-13(24)7-15(6-12)37(27,35)36)3-4-33(11)23(34)18-9-14(26)8-17(19(18)25)22-28-10-29-30-22/h5-11H,3-4H2,1-2H3,(H2,27,35,36)(H,28,29,30). The number of nitrogens with two attached hydrogens (primary N) is 1. The van der Waals surface area contributed by atoms with Crippen molar-refractivity contribution in [2.45, 2.75) is 24.3 Å². The molecule has 0 saturated carbocycles. The molecule has 3 heterocycles. The summed E-state index contributed by atoms with van der Waals surface area (Å²) >= 11 is 12.7. The summed E-state index contributed by atoms with van der Waals surface area (Å²) in [6, 6.07) is 6.15. The highest BCUT2D eigenvalue weighted by Crippen LogP contribution is 2.39. The van der Waals surface area contributed by atoms with Crippen LogP contribution >= 0.6 is 23.2 Å². The Labute approximate surface area is 221 Å². The highest BCUT2D eigenvalue weighted by Gasteiger charge is 2.35. The largest absolute Gasteiger partial charge is 0.330 e. The van der Waals surface area contributed by atoms with Crippen molar-refractivity contribution in [1.29, 1.82) is 0 Å². The Bertz CT molecular complexity index is 1660. The van der Waals surface area contributed by atoms with Gasteiger partial charge in [-0.3, -0.25) is 14.6 Å². The summed E-state index contributed by atoms with van der Waals surface area (Å²) in [7, 11) is -2.26. The second-order valence-electron chi connectivity index (χ2n) is 8.63. The number of nitrogens with one attached hydrogen (secondary N) is 1. The number of fused-ring (bicyclic) bond motifs is 1. The van der Waals surface area contributed by atoms with Crippen molar-refractivity contribution in [3.63, 3.8) is 0 Å². The lowest BCUT2D eigenvalue weighted by atomic mass is 9.95. The van der Waals surface area contributed by atoms with Crippen molar-refractivity contribution >= 4 is 39.1 Å². The number of aryl methyl sites for hydroxylation is 1. The zero-order valence-electron chi connectivity index (χ0n) is 19.5. The van der Waals surface area contributed by atoms with E-state index in [1.807, 2.05) is 6.92 Å². The van der Waals surface area contributed by atoms with Gasteiger partial charge in [0.05, 0.1) is 32.9 Å². The van der Waals surface area contributed by atoms with Crippen LogP contribution in [0.4, 0.5) is 4.39 Å². The third kappa shape index (κ3) is 4.50. The molecule has 10 nitrogen and oxygen atoms in total. The fourth-order valence-electron chi connectivity index (χ4n) is 4.65. The van der Waals surface area contributed by atoms with Gasteiger partial charge >= 0.3 is 0 Å². The van der Waals surface area contributed by atoms with E-state index in [0.29, 0.717) is 29.9 Å². The number of carbonyl (C=O) groups is 1. The van der Waals surface area contributed by atoms with Crippen LogP contribution in [0, 0.1) is 5.82 Å². The van der Waals surface area contributed by atoms with Crippen LogP contribution in [0.3, 0.4) is 0 Å². The Morgan fingerprint density at radius 1 is 1.22 bits per heavy atom. The highest BCUT2D eigenvalue weighted by atomic mass is 35.5. The average molecular weight is 564 g/mol. The molecule has 2 aromatic carbocycles. The quantitative estimate of drug-likeness (QED) is 0.387. The van der Waals surface area contributed by atoms with E-state index in [1.165, 1.54) is 24.5 Å². The minimum atomic E-state index is -3.98. The molecule has 37 heavy (non-hydrogen) atoms. The van der Waals surface area contributed by atoms with E-state index in [-0.39, 0.29) is 31.9 Å². The molecule has 0 saturated heterocycles. The van der Waals surface area contributed by atoms with Crippen LogP contribution in [0.25, 0.3) is 22.6 Å². The zero-order valence-corrected chi connectivity index (χ0v) is 21.9. The second kappa shape index (κ2) is 9.21. The Hall–Kier alpha value is -3.32. The van der Waals surface area contributed by atoms with E-state index in [2.05, 4.69) is 20.3 Å². The minimum absolute atomic E-state index is 0.00726. The van der Waals surface area contributed by atoms with E-state index in [9.17, 15) is 17.6 Å². The van der Waals surface area contributed by atoms with Gasteiger partial charge in [0.1, 0.15) is 12.1 Å². The molecule has 1 atom stereocenters.